The van der Waals surface area contributed by atoms with Crippen LogP contribution in [0.25, 0.3) is 0 Å². The van der Waals surface area contributed by atoms with Gasteiger partial charge in [-0.2, -0.15) is 0 Å². The number of likely N-dealkylation sites (tertiary alicyclic amines) is 1. The van der Waals surface area contributed by atoms with Gasteiger partial charge in [0.25, 0.3) is 0 Å². The van der Waals surface area contributed by atoms with Crippen LogP contribution in [0.3, 0.4) is 0 Å². The largest absolute Gasteiger partial charge is 0.381 e. The molecule has 2 aliphatic heterocycles. The highest BCUT2D eigenvalue weighted by Crippen LogP contribution is 2.35. The first-order valence-corrected chi connectivity index (χ1v) is 7.19. The van der Waals surface area contributed by atoms with Crippen molar-refractivity contribution in [1.29, 1.82) is 0 Å². The Hall–Kier alpha value is -0.160. The molecule has 4 heteroatoms. The van der Waals surface area contributed by atoms with Gasteiger partial charge in [-0.25, -0.2) is 0 Å². The second-order valence-electron chi connectivity index (χ2n) is 6.02. The molecular formula is C14H28N2O2. The third-order valence-electron chi connectivity index (χ3n) is 5.14. The van der Waals surface area contributed by atoms with Crippen molar-refractivity contribution >= 4 is 0 Å². The lowest BCUT2D eigenvalue weighted by molar-refractivity contribution is -0.105. The number of nitrogens with two attached hydrogens (primary N) is 1. The van der Waals surface area contributed by atoms with Crippen molar-refractivity contribution in [2.75, 3.05) is 40.0 Å². The highest BCUT2D eigenvalue weighted by Gasteiger charge is 2.45. The van der Waals surface area contributed by atoms with Crippen molar-refractivity contribution in [3.63, 3.8) is 0 Å². The molecule has 0 amide bonds. The van der Waals surface area contributed by atoms with Crippen LogP contribution in [0.4, 0.5) is 0 Å². The van der Waals surface area contributed by atoms with E-state index in [1.807, 2.05) is 7.11 Å². The molecule has 0 aromatic carbocycles. The molecule has 18 heavy (non-hydrogen) atoms. The second kappa shape index (κ2) is 5.87. The maximum Gasteiger partial charge on any atom is 0.0724 e. The molecule has 4 unspecified atom stereocenters. The van der Waals surface area contributed by atoms with Crippen molar-refractivity contribution in [2.45, 2.75) is 38.3 Å². The summed E-state index contributed by atoms with van der Waals surface area (Å²) in [4.78, 5) is 2.58. The number of nitrogens with zero attached hydrogens (tertiary/aromatic N) is 1. The summed E-state index contributed by atoms with van der Waals surface area (Å²) < 4.78 is 11.2. The Morgan fingerprint density at radius 1 is 1.44 bits per heavy atom. The van der Waals surface area contributed by atoms with Crippen molar-refractivity contribution in [2.24, 2.45) is 17.6 Å². The third-order valence-corrected chi connectivity index (χ3v) is 5.14. The molecule has 2 fully saturated rings. The number of hydrogen-bond acceptors (Lipinski definition) is 4. The van der Waals surface area contributed by atoms with Crippen LogP contribution in [-0.4, -0.2) is 56.5 Å². The molecule has 0 spiro atoms. The highest BCUT2D eigenvalue weighted by atomic mass is 16.5. The van der Waals surface area contributed by atoms with E-state index in [4.69, 9.17) is 15.2 Å². The first-order valence-electron chi connectivity index (χ1n) is 7.19. The topological polar surface area (TPSA) is 47.7 Å². The van der Waals surface area contributed by atoms with E-state index >= 15 is 0 Å². The van der Waals surface area contributed by atoms with Crippen molar-refractivity contribution in [3.05, 3.63) is 0 Å². The molecule has 2 N–H and O–H groups in total. The summed E-state index contributed by atoms with van der Waals surface area (Å²) in [7, 11) is 1.83. The fraction of sp³-hybridized carbons (Fsp3) is 1.00. The molecule has 2 heterocycles. The molecule has 2 aliphatic rings. The quantitative estimate of drug-likeness (QED) is 0.821. The standard InChI is InChI=1S/C14H28N2O2/c1-11-4-6-16(8-13(11)17-3)14(10-15)5-7-18-9-12(14)2/h11-13H,4-10,15H2,1-3H3. The Morgan fingerprint density at radius 3 is 2.83 bits per heavy atom. The lowest BCUT2D eigenvalue weighted by Crippen LogP contribution is -2.65. The van der Waals surface area contributed by atoms with Gasteiger partial charge in [0.2, 0.25) is 0 Å². The third kappa shape index (κ3) is 2.44. The van der Waals surface area contributed by atoms with Gasteiger partial charge >= 0.3 is 0 Å². The van der Waals surface area contributed by atoms with Crippen molar-refractivity contribution in [1.82, 2.24) is 4.90 Å². The first kappa shape index (κ1) is 14.3. The molecule has 0 saturated carbocycles. The smallest absolute Gasteiger partial charge is 0.0724 e. The number of methoxy groups -OCH3 is 1. The van der Waals surface area contributed by atoms with Gasteiger partial charge in [0.1, 0.15) is 0 Å². The SMILES string of the molecule is COC1CN(C2(CN)CCOCC2C)CCC1C. The van der Waals surface area contributed by atoms with E-state index in [9.17, 15) is 0 Å². The number of piperidine rings is 1. The minimum Gasteiger partial charge on any atom is -0.381 e. The Morgan fingerprint density at radius 2 is 2.22 bits per heavy atom. The van der Waals surface area contributed by atoms with Gasteiger partial charge in [-0.15, -0.1) is 0 Å². The molecule has 0 aliphatic carbocycles. The molecule has 2 rings (SSSR count). The summed E-state index contributed by atoms with van der Waals surface area (Å²) >= 11 is 0. The number of hydrogen-bond donors (Lipinski definition) is 1. The predicted molar refractivity (Wildman–Crippen MR) is 72.5 cm³/mol. The number of ether oxygens (including phenoxy) is 2. The first-order chi connectivity index (χ1) is 8.64. The molecule has 2 saturated heterocycles. The van der Waals surface area contributed by atoms with E-state index in [2.05, 4.69) is 18.7 Å². The summed E-state index contributed by atoms with van der Waals surface area (Å²) in [6, 6.07) is 0. The molecule has 4 atom stereocenters. The van der Waals surface area contributed by atoms with Crippen LogP contribution in [0.1, 0.15) is 26.7 Å². The lowest BCUT2D eigenvalue weighted by atomic mass is 9.77. The summed E-state index contributed by atoms with van der Waals surface area (Å²) in [5.74, 6) is 1.15. The number of rotatable bonds is 3. The predicted octanol–water partition coefficient (Wildman–Crippen LogP) is 1.10. The average molecular weight is 256 g/mol. The van der Waals surface area contributed by atoms with E-state index in [0.29, 0.717) is 17.9 Å². The van der Waals surface area contributed by atoms with E-state index < -0.39 is 0 Å². The highest BCUT2D eigenvalue weighted by molar-refractivity contribution is 5.00. The monoisotopic (exact) mass is 256 g/mol. The van der Waals surface area contributed by atoms with Crippen LogP contribution >= 0.6 is 0 Å². The maximum atomic E-state index is 6.14. The Balaban J connectivity index is 2.12. The van der Waals surface area contributed by atoms with Gasteiger partial charge in [0.05, 0.1) is 12.7 Å². The molecule has 0 radical (unpaired) electrons. The fourth-order valence-corrected chi connectivity index (χ4v) is 3.56. The molecule has 0 bridgehead atoms. The molecule has 4 nitrogen and oxygen atoms in total. The van der Waals surface area contributed by atoms with Crippen LogP contribution in [0.15, 0.2) is 0 Å². The van der Waals surface area contributed by atoms with Gasteiger partial charge in [0.15, 0.2) is 0 Å². The van der Waals surface area contributed by atoms with Gasteiger partial charge in [0, 0.05) is 32.3 Å². The molecule has 106 valence electrons. The maximum absolute atomic E-state index is 6.14. The summed E-state index contributed by atoms with van der Waals surface area (Å²) in [5.41, 5.74) is 6.26. The minimum absolute atomic E-state index is 0.120. The zero-order valence-corrected chi connectivity index (χ0v) is 12.0. The Kier molecular flexibility index (Phi) is 4.64. The van der Waals surface area contributed by atoms with Crippen molar-refractivity contribution < 1.29 is 9.47 Å². The summed E-state index contributed by atoms with van der Waals surface area (Å²) in [5, 5.41) is 0. The Bertz CT molecular complexity index is 275. The van der Waals surface area contributed by atoms with Crippen molar-refractivity contribution in [3.8, 4) is 0 Å². The van der Waals surface area contributed by atoms with Crippen LogP contribution < -0.4 is 5.73 Å². The van der Waals surface area contributed by atoms with Crippen LogP contribution in [0.5, 0.6) is 0 Å². The van der Waals surface area contributed by atoms with Crippen LogP contribution in [0, 0.1) is 11.8 Å². The molecule has 0 aromatic rings. The zero-order chi connectivity index (χ0) is 13.2. The normalized spacial score (nSPS) is 43.0. The second-order valence-corrected chi connectivity index (χ2v) is 6.02. The van der Waals surface area contributed by atoms with Crippen LogP contribution in [-0.2, 0) is 9.47 Å². The molecule has 0 aromatic heterocycles. The molecular weight excluding hydrogens is 228 g/mol. The fourth-order valence-electron chi connectivity index (χ4n) is 3.56. The average Bonchev–Trinajstić information content (AvgIpc) is 2.40. The van der Waals surface area contributed by atoms with Gasteiger partial charge in [-0.1, -0.05) is 13.8 Å². The zero-order valence-electron chi connectivity index (χ0n) is 12.0. The van der Waals surface area contributed by atoms with E-state index in [1.54, 1.807) is 0 Å². The summed E-state index contributed by atoms with van der Waals surface area (Å²) in [6.07, 6.45) is 2.60. The van der Waals surface area contributed by atoms with E-state index in [1.165, 1.54) is 6.42 Å². The summed E-state index contributed by atoms with van der Waals surface area (Å²) in [6.45, 7) is 9.11. The lowest BCUT2D eigenvalue weighted by Gasteiger charge is -2.53. The minimum atomic E-state index is 0.120. The van der Waals surface area contributed by atoms with Gasteiger partial charge in [-0.3, -0.25) is 4.90 Å². The van der Waals surface area contributed by atoms with E-state index in [0.717, 1.165) is 39.3 Å². The van der Waals surface area contributed by atoms with Gasteiger partial charge in [-0.05, 0) is 31.2 Å². The van der Waals surface area contributed by atoms with E-state index in [-0.39, 0.29) is 5.54 Å². The Labute approximate surface area is 111 Å². The van der Waals surface area contributed by atoms with Gasteiger partial charge < -0.3 is 15.2 Å². The van der Waals surface area contributed by atoms with Crippen LogP contribution in [0.2, 0.25) is 0 Å².